The van der Waals surface area contributed by atoms with E-state index < -0.39 is 30.0 Å². The highest BCUT2D eigenvalue weighted by Gasteiger charge is 2.30. The van der Waals surface area contributed by atoms with Gasteiger partial charge in [0.05, 0.1) is 10.9 Å². The quantitative estimate of drug-likeness (QED) is 0.560. The van der Waals surface area contributed by atoms with Gasteiger partial charge >= 0.3 is 6.18 Å². The Morgan fingerprint density at radius 3 is 2.45 bits per heavy atom. The first-order valence-electron chi connectivity index (χ1n) is 8.85. The summed E-state index contributed by atoms with van der Waals surface area (Å²) in [4.78, 5) is 15.7. The number of nitrogens with zero attached hydrogens (tertiary/aromatic N) is 1. The van der Waals surface area contributed by atoms with Crippen LogP contribution in [0, 0.1) is 0 Å². The summed E-state index contributed by atoms with van der Waals surface area (Å²) < 4.78 is 44.6. The second kappa shape index (κ2) is 7.85. The van der Waals surface area contributed by atoms with Crippen LogP contribution in [0.2, 0.25) is 5.02 Å². The topological polar surface area (TPSA) is 59.0 Å². The third kappa shape index (κ3) is 4.66. The fourth-order valence-corrected chi connectivity index (χ4v) is 3.39. The number of benzene rings is 1. The summed E-state index contributed by atoms with van der Waals surface area (Å²) in [7, 11) is 1.46. The second-order valence-electron chi connectivity index (χ2n) is 7.29. The minimum Gasteiger partial charge on any atom is -0.362 e. The van der Waals surface area contributed by atoms with Gasteiger partial charge in [-0.25, -0.2) is 0 Å². The van der Waals surface area contributed by atoms with Crippen LogP contribution in [0.5, 0.6) is 0 Å². The molecule has 29 heavy (non-hydrogen) atoms. The first-order chi connectivity index (χ1) is 13.5. The Morgan fingerprint density at radius 2 is 1.86 bits per heavy atom. The molecule has 0 saturated carbocycles. The number of rotatable bonds is 6. The number of halogens is 4. The van der Waals surface area contributed by atoms with Crippen molar-refractivity contribution in [2.45, 2.75) is 38.3 Å². The molecule has 2 N–H and O–H groups in total. The highest BCUT2D eigenvalue weighted by atomic mass is 35.5. The first-order valence-corrected chi connectivity index (χ1v) is 9.23. The third-order valence-corrected chi connectivity index (χ3v) is 5.01. The van der Waals surface area contributed by atoms with Crippen molar-refractivity contribution in [3.05, 3.63) is 69.2 Å². The second-order valence-corrected chi connectivity index (χ2v) is 7.73. The Kier molecular flexibility index (Phi) is 5.80. The molecule has 0 saturated heterocycles. The van der Waals surface area contributed by atoms with Crippen LogP contribution in [0.3, 0.4) is 0 Å². The average molecular weight is 428 g/mol. The van der Waals surface area contributed by atoms with Crippen molar-refractivity contribution in [3.8, 4) is 0 Å². The van der Waals surface area contributed by atoms with E-state index in [-0.39, 0.29) is 5.39 Å². The van der Waals surface area contributed by atoms with Crippen LogP contribution in [0.4, 0.5) is 13.2 Å². The monoisotopic (exact) mass is 427 g/mol. The van der Waals surface area contributed by atoms with E-state index in [1.165, 1.54) is 13.2 Å². The number of fused-ring (bicyclic) bond motifs is 1. The molecule has 0 aliphatic rings. The summed E-state index contributed by atoms with van der Waals surface area (Å²) in [6.45, 7) is 2.51. The van der Waals surface area contributed by atoms with E-state index in [2.05, 4.69) is 10.3 Å². The van der Waals surface area contributed by atoms with Crippen molar-refractivity contribution in [3.63, 3.8) is 0 Å². The molecule has 1 unspecified atom stereocenters. The minimum absolute atomic E-state index is 0.156. The molecule has 2 heterocycles. The Morgan fingerprint density at radius 1 is 1.21 bits per heavy atom. The number of alkyl halides is 3. The van der Waals surface area contributed by atoms with Crippen molar-refractivity contribution in [1.82, 2.24) is 14.9 Å². The summed E-state index contributed by atoms with van der Waals surface area (Å²) in [5.74, 6) is 0. The molecule has 5 nitrogen and oxygen atoms in total. The summed E-state index contributed by atoms with van der Waals surface area (Å²) >= 11 is 5.95. The third-order valence-electron chi connectivity index (χ3n) is 4.76. The number of nitrogens with one attached hydrogen (secondary N) is 2. The van der Waals surface area contributed by atoms with Gasteiger partial charge in [-0.15, -0.1) is 0 Å². The zero-order chi connectivity index (χ0) is 21.4. The number of hydrogen-bond donors (Lipinski definition) is 2. The van der Waals surface area contributed by atoms with Gasteiger partial charge in [0, 0.05) is 35.6 Å². The van der Waals surface area contributed by atoms with Gasteiger partial charge in [0.1, 0.15) is 12.8 Å². The number of methoxy groups -OCH3 is 1. The van der Waals surface area contributed by atoms with Crippen molar-refractivity contribution >= 4 is 22.5 Å². The Hall–Kier alpha value is -2.29. The molecule has 0 bridgehead atoms. The smallest absolute Gasteiger partial charge is 0.362 e. The number of ether oxygens (including phenoxy) is 1. The minimum atomic E-state index is -4.50. The predicted octanol–water partition coefficient (Wildman–Crippen LogP) is 4.72. The van der Waals surface area contributed by atoms with Crippen LogP contribution in [-0.2, 0) is 16.8 Å². The number of H-pyrrole nitrogens is 1. The molecule has 2 aromatic heterocycles. The summed E-state index contributed by atoms with van der Waals surface area (Å²) in [6, 6.07) is 8.72. The van der Waals surface area contributed by atoms with Gasteiger partial charge in [-0.3, -0.25) is 10.1 Å². The Balaban J connectivity index is 2.00. The lowest BCUT2D eigenvalue weighted by atomic mass is 9.93. The van der Waals surface area contributed by atoms with Crippen molar-refractivity contribution in [2.24, 2.45) is 0 Å². The molecular weight excluding hydrogens is 407 g/mol. The lowest BCUT2D eigenvalue weighted by Crippen LogP contribution is -2.40. The molecular formula is C20H21ClF3N3O2. The van der Waals surface area contributed by atoms with Gasteiger partial charge < -0.3 is 14.3 Å². The molecule has 3 rings (SSSR count). The maximum absolute atomic E-state index is 12.8. The van der Waals surface area contributed by atoms with Gasteiger partial charge in [0.2, 0.25) is 0 Å². The molecule has 156 valence electrons. The normalized spacial score (nSPS) is 13.8. The zero-order valence-electron chi connectivity index (χ0n) is 16.1. The fourth-order valence-electron chi connectivity index (χ4n) is 3.27. The lowest BCUT2D eigenvalue weighted by molar-refractivity contribution is -0.141. The molecule has 0 fully saturated rings. The predicted molar refractivity (Wildman–Crippen MR) is 106 cm³/mol. The summed E-state index contributed by atoms with van der Waals surface area (Å²) in [5.41, 5.74) is 0.499. The number of pyridine rings is 1. The number of aromatic amines is 1. The van der Waals surface area contributed by atoms with E-state index in [4.69, 9.17) is 16.3 Å². The van der Waals surface area contributed by atoms with Gasteiger partial charge in [0.15, 0.2) is 0 Å². The average Bonchev–Trinajstić information content (AvgIpc) is 3.06. The molecule has 0 spiro atoms. The number of aromatic nitrogens is 2. The standard InChI is InChI=1S/C20H21ClF3N3O2/c1-19(2,12-4-6-13(21)7-5-12)26-17(29-3)14-10-25-15-8-9-27(11-20(22,23)24)18(28)16(14)15/h4-10,17,25-26H,11H2,1-3H3. The lowest BCUT2D eigenvalue weighted by Gasteiger charge is -2.31. The van der Waals surface area contributed by atoms with E-state index in [0.29, 0.717) is 20.7 Å². The van der Waals surface area contributed by atoms with Crippen LogP contribution in [-0.4, -0.2) is 22.8 Å². The largest absolute Gasteiger partial charge is 0.406 e. The van der Waals surface area contributed by atoms with Crippen LogP contribution < -0.4 is 10.9 Å². The summed E-state index contributed by atoms with van der Waals surface area (Å²) in [6.07, 6.45) is -2.53. The molecule has 1 aromatic carbocycles. The number of hydrogen-bond acceptors (Lipinski definition) is 3. The van der Waals surface area contributed by atoms with E-state index in [1.54, 1.807) is 18.3 Å². The van der Waals surface area contributed by atoms with Gasteiger partial charge in [-0.05, 0) is 37.6 Å². The van der Waals surface area contributed by atoms with Crippen molar-refractivity contribution in [2.75, 3.05) is 7.11 Å². The highest BCUT2D eigenvalue weighted by Crippen LogP contribution is 2.29. The van der Waals surface area contributed by atoms with Gasteiger partial charge in [0.25, 0.3) is 5.56 Å². The van der Waals surface area contributed by atoms with Crippen LogP contribution in [0.15, 0.2) is 47.5 Å². The van der Waals surface area contributed by atoms with Gasteiger partial charge in [-0.1, -0.05) is 23.7 Å². The molecule has 9 heteroatoms. The van der Waals surface area contributed by atoms with Crippen LogP contribution in [0.1, 0.15) is 31.2 Å². The maximum atomic E-state index is 12.8. The van der Waals surface area contributed by atoms with Crippen molar-refractivity contribution < 1.29 is 17.9 Å². The van der Waals surface area contributed by atoms with E-state index in [1.807, 2.05) is 26.0 Å². The summed E-state index contributed by atoms with van der Waals surface area (Å²) in [5, 5.41) is 4.07. The molecule has 0 radical (unpaired) electrons. The van der Waals surface area contributed by atoms with E-state index in [9.17, 15) is 18.0 Å². The molecule has 3 aromatic rings. The molecule has 0 aliphatic heterocycles. The van der Waals surface area contributed by atoms with Crippen LogP contribution >= 0.6 is 11.6 Å². The SMILES string of the molecule is COC(NC(C)(C)c1ccc(Cl)cc1)c1c[nH]c2ccn(CC(F)(F)F)c(=O)c12. The Labute approximate surface area is 170 Å². The van der Waals surface area contributed by atoms with Crippen molar-refractivity contribution in [1.29, 1.82) is 0 Å². The highest BCUT2D eigenvalue weighted by molar-refractivity contribution is 6.30. The molecule has 1 atom stereocenters. The Bertz CT molecular complexity index is 1060. The fraction of sp³-hybridized carbons (Fsp3) is 0.350. The zero-order valence-corrected chi connectivity index (χ0v) is 16.9. The molecule has 0 aliphatic carbocycles. The van der Waals surface area contributed by atoms with Crippen LogP contribution in [0.25, 0.3) is 10.9 Å². The first kappa shape index (κ1) is 21.4. The van der Waals surface area contributed by atoms with Gasteiger partial charge in [-0.2, -0.15) is 13.2 Å². The van der Waals surface area contributed by atoms with E-state index in [0.717, 1.165) is 11.8 Å². The molecule has 0 amide bonds. The van der Waals surface area contributed by atoms with E-state index >= 15 is 0 Å². The maximum Gasteiger partial charge on any atom is 0.406 e.